The van der Waals surface area contributed by atoms with Gasteiger partial charge in [-0.3, -0.25) is 9.59 Å². The van der Waals surface area contributed by atoms with E-state index in [0.717, 1.165) is 0 Å². The van der Waals surface area contributed by atoms with Gasteiger partial charge in [0.2, 0.25) is 0 Å². The maximum atomic E-state index is 12.4. The molecule has 0 aromatic rings. The summed E-state index contributed by atoms with van der Waals surface area (Å²) in [4.78, 5) is 24.0. The fourth-order valence-corrected chi connectivity index (χ4v) is 2.57. The largest absolute Gasteiger partial charge is 0.511 e. The smallest absolute Gasteiger partial charge is 0.183 e. The van der Waals surface area contributed by atoms with Gasteiger partial charge >= 0.3 is 0 Å². The predicted molar refractivity (Wildman–Crippen MR) is 68.3 cm³/mol. The van der Waals surface area contributed by atoms with Crippen LogP contribution in [0.5, 0.6) is 0 Å². The van der Waals surface area contributed by atoms with Crippen molar-refractivity contribution in [3.05, 3.63) is 22.7 Å². The number of carbonyl (C=O) groups excluding carboxylic acids is 2. The molecule has 0 radical (unpaired) electrons. The van der Waals surface area contributed by atoms with E-state index >= 15 is 0 Å². The minimum Gasteiger partial charge on any atom is -0.511 e. The second kappa shape index (κ2) is 4.96. The first-order chi connectivity index (χ1) is 8.37. The van der Waals surface area contributed by atoms with Gasteiger partial charge in [-0.05, 0) is 26.2 Å². The highest BCUT2D eigenvalue weighted by Crippen LogP contribution is 2.44. The molecule has 0 aliphatic heterocycles. The van der Waals surface area contributed by atoms with Crippen molar-refractivity contribution < 1.29 is 19.8 Å². The zero-order chi connectivity index (χ0) is 14.1. The molecule has 0 bridgehead atoms. The first-order valence-corrected chi connectivity index (χ1v) is 6.29. The quantitative estimate of drug-likeness (QED) is 0.754. The van der Waals surface area contributed by atoms with Crippen LogP contribution in [0.1, 0.15) is 47.0 Å². The third-order valence-electron chi connectivity index (χ3n) is 3.84. The van der Waals surface area contributed by atoms with Gasteiger partial charge in [-0.2, -0.15) is 0 Å². The lowest BCUT2D eigenvalue weighted by molar-refractivity contribution is -0.128. The number of carbonyl (C=O) groups is 2. The standard InChI is InChI=1S/C14H20O4/c1-5-9-11(16)10(8(4)15)13(18)14(6-2,7-3)12(9)17/h16-17H,5-7H2,1-4H3. The van der Waals surface area contributed by atoms with Crippen LogP contribution >= 0.6 is 0 Å². The predicted octanol–water partition coefficient (Wildman–Crippen LogP) is 3.00. The highest BCUT2D eigenvalue weighted by molar-refractivity contribution is 6.23. The topological polar surface area (TPSA) is 74.6 Å². The van der Waals surface area contributed by atoms with Gasteiger partial charge in [0, 0.05) is 5.57 Å². The molecule has 18 heavy (non-hydrogen) atoms. The number of aliphatic hydroxyl groups excluding tert-OH is 2. The minimum absolute atomic E-state index is 0.0810. The molecule has 4 nitrogen and oxygen atoms in total. The van der Waals surface area contributed by atoms with E-state index in [1.165, 1.54) is 6.92 Å². The molecule has 0 saturated heterocycles. The molecule has 0 aromatic heterocycles. The molecule has 1 rings (SSSR count). The number of Topliss-reactive ketones (excluding diaryl/α,β-unsaturated/α-hetero) is 2. The van der Waals surface area contributed by atoms with Crippen LogP contribution in [-0.2, 0) is 9.59 Å². The van der Waals surface area contributed by atoms with E-state index in [4.69, 9.17) is 0 Å². The van der Waals surface area contributed by atoms with Gasteiger partial charge < -0.3 is 10.2 Å². The zero-order valence-corrected chi connectivity index (χ0v) is 11.3. The summed E-state index contributed by atoms with van der Waals surface area (Å²) >= 11 is 0. The van der Waals surface area contributed by atoms with Crippen LogP contribution in [0.25, 0.3) is 0 Å². The van der Waals surface area contributed by atoms with Crippen molar-refractivity contribution in [1.82, 2.24) is 0 Å². The summed E-state index contributed by atoms with van der Waals surface area (Å²) < 4.78 is 0. The molecule has 4 heteroatoms. The number of hydrogen-bond donors (Lipinski definition) is 2. The molecule has 0 fully saturated rings. The van der Waals surface area contributed by atoms with E-state index in [-0.39, 0.29) is 17.1 Å². The van der Waals surface area contributed by atoms with Crippen molar-refractivity contribution in [2.45, 2.75) is 47.0 Å². The van der Waals surface area contributed by atoms with E-state index in [9.17, 15) is 19.8 Å². The summed E-state index contributed by atoms with van der Waals surface area (Å²) in [7, 11) is 0. The van der Waals surface area contributed by atoms with E-state index in [1.807, 2.05) is 0 Å². The highest BCUT2D eigenvalue weighted by atomic mass is 16.3. The Bertz CT molecular complexity index is 450. The second-order valence-corrected chi connectivity index (χ2v) is 4.58. The van der Waals surface area contributed by atoms with Crippen LogP contribution in [0.2, 0.25) is 0 Å². The fourth-order valence-electron chi connectivity index (χ4n) is 2.57. The molecule has 100 valence electrons. The van der Waals surface area contributed by atoms with E-state index < -0.39 is 17.0 Å². The Balaban J connectivity index is 3.62. The van der Waals surface area contributed by atoms with Crippen LogP contribution < -0.4 is 0 Å². The Morgan fingerprint density at radius 3 is 2.00 bits per heavy atom. The van der Waals surface area contributed by atoms with Crippen molar-refractivity contribution in [2.75, 3.05) is 0 Å². The lowest BCUT2D eigenvalue weighted by atomic mass is 9.68. The van der Waals surface area contributed by atoms with Gasteiger partial charge in [-0.25, -0.2) is 0 Å². The third-order valence-corrected chi connectivity index (χ3v) is 3.84. The maximum Gasteiger partial charge on any atom is 0.183 e. The molecule has 0 amide bonds. The maximum absolute atomic E-state index is 12.4. The normalized spacial score (nSPS) is 19.4. The van der Waals surface area contributed by atoms with Gasteiger partial charge in [0.25, 0.3) is 0 Å². The number of hydrogen-bond acceptors (Lipinski definition) is 4. The monoisotopic (exact) mass is 252 g/mol. The average Bonchev–Trinajstić information content (AvgIpc) is 2.31. The Labute approximate surface area is 107 Å². The van der Waals surface area contributed by atoms with Gasteiger partial charge in [0.05, 0.1) is 5.41 Å². The molecular weight excluding hydrogens is 232 g/mol. The van der Waals surface area contributed by atoms with E-state index in [1.54, 1.807) is 20.8 Å². The molecule has 1 aliphatic rings. The van der Waals surface area contributed by atoms with Crippen LogP contribution in [-0.4, -0.2) is 21.8 Å². The first-order valence-electron chi connectivity index (χ1n) is 6.29. The third kappa shape index (κ3) is 1.76. The van der Waals surface area contributed by atoms with Crippen molar-refractivity contribution in [2.24, 2.45) is 5.41 Å². The lowest BCUT2D eigenvalue weighted by Gasteiger charge is -2.35. The minimum atomic E-state index is -1.06. The summed E-state index contributed by atoms with van der Waals surface area (Å²) in [5.41, 5.74) is -0.921. The molecule has 0 unspecified atom stereocenters. The van der Waals surface area contributed by atoms with Crippen molar-refractivity contribution in [3.63, 3.8) is 0 Å². The van der Waals surface area contributed by atoms with Gasteiger partial charge in [0.15, 0.2) is 11.6 Å². The number of rotatable bonds is 4. The number of allylic oxidation sites excluding steroid dienone is 3. The Morgan fingerprint density at radius 1 is 1.17 bits per heavy atom. The SMILES string of the molecule is CCC1=C(O)C(CC)(CC)C(=O)C(C(C)=O)=C1O. The van der Waals surface area contributed by atoms with Crippen LogP contribution in [0, 0.1) is 5.41 Å². The van der Waals surface area contributed by atoms with E-state index in [0.29, 0.717) is 24.8 Å². The molecular formula is C14H20O4. The number of ketones is 2. The van der Waals surface area contributed by atoms with E-state index in [2.05, 4.69) is 0 Å². The summed E-state index contributed by atoms with van der Waals surface area (Å²) in [6.07, 6.45) is 1.19. The summed E-state index contributed by atoms with van der Waals surface area (Å²) in [6.45, 7) is 6.62. The molecule has 0 saturated carbocycles. The van der Waals surface area contributed by atoms with Crippen LogP contribution in [0.15, 0.2) is 22.7 Å². The lowest BCUT2D eigenvalue weighted by Crippen LogP contribution is -2.39. The van der Waals surface area contributed by atoms with Crippen molar-refractivity contribution in [1.29, 1.82) is 0 Å². The van der Waals surface area contributed by atoms with Crippen molar-refractivity contribution in [3.8, 4) is 0 Å². The second-order valence-electron chi connectivity index (χ2n) is 4.58. The van der Waals surface area contributed by atoms with Gasteiger partial charge in [-0.1, -0.05) is 20.8 Å². The van der Waals surface area contributed by atoms with Gasteiger partial charge in [-0.15, -0.1) is 0 Å². The summed E-state index contributed by atoms with van der Waals surface area (Å²) in [5, 5.41) is 20.3. The summed E-state index contributed by atoms with van der Waals surface area (Å²) in [6, 6.07) is 0. The molecule has 0 spiro atoms. The average molecular weight is 252 g/mol. The fraction of sp³-hybridized carbons (Fsp3) is 0.571. The molecule has 2 N–H and O–H groups in total. The number of aliphatic hydroxyl groups is 2. The molecule has 0 heterocycles. The van der Waals surface area contributed by atoms with Crippen LogP contribution in [0.3, 0.4) is 0 Å². The Kier molecular flexibility index (Phi) is 3.99. The Morgan fingerprint density at radius 2 is 1.67 bits per heavy atom. The summed E-state index contributed by atoms with van der Waals surface area (Å²) in [5.74, 6) is -1.36. The molecule has 0 atom stereocenters. The first kappa shape index (κ1) is 14.5. The Hall–Kier alpha value is -1.58. The molecule has 1 aliphatic carbocycles. The van der Waals surface area contributed by atoms with Crippen molar-refractivity contribution >= 4 is 11.6 Å². The molecule has 0 aromatic carbocycles. The van der Waals surface area contributed by atoms with Gasteiger partial charge in [0.1, 0.15) is 17.1 Å². The van der Waals surface area contributed by atoms with Crippen LogP contribution in [0.4, 0.5) is 0 Å². The highest BCUT2D eigenvalue weighted by Gasteiger charge is 2.48. The zero-order valence-electron chi connectivity index (χ0n) is 11.3.